The van der Waals surface area contributed by atoms with Gasteiger partial charge in [-0.1, -0.05) is 0 Å². The van der Waals surface area contributed by atoms with E-state index in [1.54, 1.807) is 4.90 Å². The maximum absolute atomic E-state index is 12.7. The Morgan fingerprint density at radius 3 is 2.70 bits per heavy atom. The zero-order chi connectivity index (χ0) is 19.0. The fourth-order valence-corrected chi connectivity index (χ4v) is 3.56. The van der Waals surface area contributed by atoms with Crippen molar-refractivity contribution < 1.29 is 9.90 Å². The number of nitrogens with zero attached hydrogens (tertiary/aromatic N) is 7. The second kappa shape index (κ2) is 7.10. The Bertz CT molecular complexity index is 815. The van der Waals surface area contributed by atoms with Crippen molar-refractivity contribution >= 4 is 17.7 Å². The third-order valence-electron chi connectivity index (χ3n) is 5.11. The standard InChI is InChI=1S/C17H24N8O2/c1-23(2)17-19-13-5-8-25(16(27)14-9-18-22-21-14)10-12(13)15(20-17)24-6-3-11(26)4-7-24/h9,11,26H,3-8,10H2,1-2H3,(H,18,21,22). The van der Waals surface area contributed by atoms with Gasteiger partial charge < -0.3 is 19.8 Å². The SMILES string of the molecule is CN(C)c1nc2c(c(N3CCC(O)CC3)n1)CN(C(=O)c1cn[nH]n1)CC2. The predicted octanol–water partition coefficient (Wildman–Crippen LogP) is -0.180. The van der Waals surface area contributed by atoms with E-state index in [9.17, 15) is 9.90 Å². The molecule has 4 heterocycles. The number of aromatic amines is 1. The molecule has 2 aliphatic heterocycles. The molecule has 0 spiro atoms. The minimum absolute atomic E-state index is 0.147. The quantitative estimate of drug-likeness (QED) is 0.763. The average Bonchev–Trinajstić information content (AvgIpc) is 3.21. The van der Waals surface area contributed by atoms with Crippen LogP contribution in [0.5, 0.6) is 0 Å². The van der Waals surface area contributed by atoms with Crippen LogP contribution in [0, 0.1) is 0 Å². The minimum Gasteiger partial charge on any atom is -0.393 e. The third-order valence-corrected chi connectivity index (χ3v) is 5.11. The largest absolute Gasteiger partial charge is 0.393 e. The van der Waals surface area contributed by atoms with Crippen molar-refractivity contribution in [3.05, 3.63) is 23.1 Å². The number of piperidine rings is 1. The van der Waals surface area contributed by atoms with E-state index in [4.69, 9.17) is 9.97 Å². The molecular formula is C17H24N8O2. The summed E-state index contributed by atoms with van der Waals surface area (Å²) in [6.07, 6.45) is 3.30. The number of H-pyrrole nitrogens is 1. The summed E-state index contributed by atoms with van der Waals surface area (Å²) in [5.74, 6) is 1.39. The molecule has 0 aromatic carbocycles. The third kappa shape index (κ3) is 3.44. The van der Waals surface area contributed by atoms with Crippen LogP contribution in [0.1, 0.15) is 34.6 Å². The number of carbonyl (C=O) groups is 1. The molecule has 0 atom stereocenters. The Hall–Kier alpha value is -2.75. The number of nitrogens with one attached hydrogen (secondary N) is 1. The molecule has 0 unspecified atom stereocenters. The van der Waals surface area contributed by atoms with Crippen molar-refractivity contribution in [2.45, 2.75) is 31.9 Å². The smallest absolute Gasteiger partial charge is 0.276 e. The van der Waals surface area contributed by atoms with Gasteiger partial charge in [0.1, 0.15) is 5.82 Å². The van der Waals surface area contributed by atoms with Gasteiger partial charge in [0.25, 0.3) is 5.91 Å². The van der Waals surface area contributed by atoms with Crippen LogP contribution in [0.4, 0.5) is 11.8 Å². The Balaban J connectivity index is 1.67. The molecule has 0 radical (unpaired) electrons. The lowest BCUT2D eigenvalue weighted by Gasteiger charge is -2.35. The van der Waals surface area contributed by atoms with E-state index in [1.807, 2.05) is 19.0 Å². The van der Waals surface area contributed by atoms with Crippen molar-refractivity contribution in [1.82, 2.24) is 30.3 Å². The number of amides is 1. The van der Waals surface area contributed by atoms with E-state index in [1.165, 1.54) is 6.20 Å². The summed E-state index contributed by atoms with van der Waals surface area (Å²) in [6, 6.07) is 0. The van der Waals surface area contributed by atoms with Gasteiger partial charge in [-0.3, -0.25) is 4.79 Å². The van der Waals surface area contributed by atoms with Gasteiger partial charge in [-0.2, -0.15) is 20.4 Å². The predicted molar refractivity (Wildman–Crippen MR) is 98.6 cm³/mol. The molecule has 2 aromatic rings. The lowest BCUT2D eigenvalue weighted by molar-refractivity contribution is 0.0727. The van der Waals surface area contributed by atoms with Crippen LogP contribution in [-0.2, 0) is 13.0 Å². The van der Waals surface area contributed by atoms with E-state index >= 15 is 0 Å². The molecule has 2 aromatic heterocycles. The first-order valence-corrected chi connectivity index (χ1v) is 9.18. The molecule has 4 rings (SSSR count). The van der Waals surface area contributed by atoms with Crippen LogP contribution in [0.15, 0.2) is 6.20 Å². The Morgan fingerprint density at radius 1 is 1.26 bits per heavy atom. The highest BCUT2D eigenvalue weighted by atomic mass is 16.3. The first-order valence-electron chi connectivity index (χ1n) is 9.18. The summed E-state index contributed by atoms with van der Waals surface area (Å²) < 4.78 is 0. The van der Waals surface area contributed by atoms with Crippen LogP contribution in [0.25, 0.3) is 0 Å². The zero-order valence-electron chi connectivity index (χ0n) is 15.6. The number of aromatic nitrogens is 5. The number of rotatable bonds is 3. The number of hydrogen-bond acceptors (Lipinski definition) is 8. The van der Waals surface area contributed by atoms with E-state index < -0.39 is 0 Å². The van der Waals surface area contributed by atoms with Crippen LogP contribution in [0.3, 0.4) is 0 Å². The fourth-order valence-electron chi connectivity index (χ4n) is 3.56. The number of carbonyl (C=O) groups excluding carboxylic acids is 1. The second-order valence-corrected chi connectivity index (χ2v) is 7.22. The molecular weight excluding hydrogens is 348 g/mol. The number of fused-ring (bicyclic) bond motifs is 1. The highest BCUT2D eigenvalue weighted by molar-refractivity contribution is 5.92. The van der Waals surface area contributed by atoms with Crippen LogP contribution in [0.2, 0.25) is 0 Å². The summed E-state index contributed by atoms with van der Waals surface area (Å²) in [6.45, 7) is 2.52. The lowest BCUT2D eigenvalue weighted by atomic mass is 10.0. The molecule has 1 amide bonds. The molecule has 10 nitrogen and oxygen atoms in total. The van der Waals surface area contributed by atoms with Gasteiger partial charge in [-0.05, 0) is 12.8 Å². The molecule has 27 heavy (non-hydrogen) atoms. The highest BCUT2D eigenvalue weighted by Gasteiger charge is 2.30. The molecule has 1 saturated heterocycles. The summed E-state index contributed by atoms with van der Waals surface area (Å²) in [5, 5.41) is 20.0. The summed E-state index contributed by atoms with van der Waals surface area (Å²) in [4.78, 5) is 28.0. The number of hydrogen-bond donors (Lipinski definition) is 2. The van der Waals surface area contributed by atoms with E-state index in [0.29, 0.717) is 31.2 Å². The van der Waals surface area contributed by atoms with Gasteiger partial charge >= 0.3 is 0 Å². The second-order valence-electron chi connectivity index (χ2n) is 7.22. The number of aliphatic hydroxyl groups is 1. The average molecular weight is 372 g/mol. The minimum atomic E-state index is -0.252. The molecule has 2 aliphatic rings. The summed E-state index contributed by atoms with van der Waals surface area (Å²) >= 11 is 0. The van der Waals surface area contributed by atoms with E-state index in [-0.39, 0.29) is 12.0 Å². The number of anilines is 2. The van der Waals surface area contributed by atoms with Crippen LogP contribution >= 0.6 is 0 Å². The number of aliphatic hydroxyl groups excluding tert-OH is 1. The molecule has 0 saturated carbocycles. The molecule has 0 bridgehead atoms. The highest BCUT2D eigenvalue weighted by Crippen LogP contribution is 2.30. The molecule has 0 aliphatic carbocycles. The molecule has 1 fully saturated rings. The maximum atomic E-state index is 12.7. The van der Waals surface area contributed by atoms with Gasteiger partial charge in [0.2, 0.25) is 5.95 Å². The van der Waals surface area contributed by atoms with Crippen LogP contribution < -0.4 is 9.80 Å². The van der Waals surface area contributed by atoms with Crippen molar-refractivity contribution in [2.75, 3.05) is 43.5 Å². The maximum Gasteiger partial charge on any atom is 0.276 e. The van der Waals surface area contributed by atoms with Crippen molar-refractivity contribution in [2.24, 2.45) is 0 Å². The molecule has 2 N–H and O–H groups in total. The lowest BCUT2D eigenvalue weighted by Crippen LogP contribution is -2.41. The van der Waals surface area contributed by atoms with Gasteiger partial charge in [0, 0.05) is 45.7 Å². The van der Waals surface area contributed by atoms with Gasteiger partial charge in [0.05, 0.1) is 24.5 Å². The first-order chi connectivity index (χ1) is 13.0. The topological polar surface area (TPSA) is 114 Å². The normalized spacial score (nSPS) is 17.7. The van der Waals surface area contributed by atoms with E-state index in [0.717, 1.165) is 43.0 Å². The van der Waals surface area contributed by atoms with Gasteiger partial charge in [-0.15, -0.1) is 0 Å². The van der Waals surface area contributed by atoms with Crippen molar-refractivity contribution in [3.63, 3.8) is 0 Å². The molecule has 144 valence electrons. The fraction of sp³-hybridized carbons (Fsp3) is 0.588. The Kier molecular flexibility index (Phi) is 4.65. The monoisotopic (exact) mass is 372 g/mol. The first kappa shape index (κ1) is 17.7. The Labute approximate surface area is 157 Å². The van der Waals surface area contributed by atoms with Crippen molar-refractivity contribution in [3.8, 4) is 0 Å². The zero-order valence-corrected chi connectivity index (χ0v) is 15.6. The van der Waals surface area contributed by atoms with Gasteiger partial charge in [0.15, 0.2) is 5.69 Å². The molecule has 10 heteroatoms. The van der Waals surface area contributed by atoms with E-state index in [2.05, 4.69) is 20.3 Å². The van der Waals surface area contributed by atoms with Crippen molar-refractivity contribution in [1.29, 1.82) is 0 Å². The Morgan fingerprint density at radius 2 is 2.04 bits per heavy atom. The summed E-state index contributed by atoms with van der Waals surface area (Å²) in [7, 11) is 3.85. The van der Waals surface area contributed by atoms with Crippen LogP contribution in [-0.4, -0.2) is 81.1 Å². The van der Waals surface area contributed by atoms with Gasteiger partial charge in [-0.25, -0.2) is 4.98 Å². The summed E-state index contributed by atoms with van der Waals surface area (Å²) in [5.41, 5.74) is 2.28.